The van der Waals surface area contributed by atoms with Crippen LogP contribution in [0.25, 0.3) is 33.5 Å². The monoisotopic (exact) mass is 553 g/mol. The molecule has 0 bridgehead atoms. The van der Waals surface area contributed by atoms with Crippen molar-refractivity contribution in [2.45, 2.75) is 64.3 Å². The Morgan fingerprint density at radius 1 is 1.05 bits per heavy atom. The fourth-order valence-electron chi connectivity index (χ4n) is 7.33. The third-order valence-electron chi connectivity index (χ3n) is 9.88. The van der Waals surface area contributed by atoms with Crippen LogP contribution in [0, 0.1) is 11.8 Å². The predicted molar refractivity (Wildman–Crippen MR) is 165 cm³/mol. The molecule has 0 radical (unpaired) electrons. The molecule has 1 aliphatic carbocycles. The number of aromatic nitrogens is 3. The second-order valence-corrected chi connectivity index (χ2v) is 12.6. The molecule has 0 unspecified atom stereocenters. The summed E-state index contributed by atoms with van der Waals surface area (Å²) in [6.45, 7) is 7.08. The zero-order valence-corrected chi connectivity index (χ0v) is 24.8. The van der Waals surface area contributed by atoms with Gasteiger partial charge in [-0.1, -0.05) is 31.5 Å². The molecule has 2 aromatic carbocycles. The number of rotatable bonds is 7. The van der Waals surface area contributed by atoms with Gasteiger partial charge in [0.25, 0.3) is 5.91 Å². The van der Waals surface area contributed by atoms with Gasteiger partial charge in [-0.25, -0.2) is 4.98 Å². The highest BCUT2D eigenvalue weighted by atomic mass is 16.5. The third kappa shape index (κ3) is 4.82. The topological polar surface area (TPSA) is 64.3 Å². The van der Waals surface area contributed by atoms with E-state index in [0.29, 0.717) is 23.1 Å². The number of imidazole rings is 1. The van der Waals surface area contributed by atoms with Crippen LogP contribution in [-0.2, 0) is 13.6 Å². The van der Waals surface area contributed by atoms with Crippen molar-refractivity contribution in [3.05, 3.63) is 47.5 Å². The Hall–Kier alpha value is -3.32. The minimum Gasteiger partial charge on any atom is -0.494 e. The molecule has 7 nitrogen and oxygen atoms in total. The Morgan fingerprint density at radius 3 is 2.63 bits per heavy atom. The van der Waals surface area contributed by atoms with Crippen LogP contribution in [0.4, 0.5) is 0 Å². The average molecular weight is 554 g/mol. The highest BCUT2D eigenvalue weighted by molar-refractivity contribution is 6.00. The molecule has 7 rings (SSSR count). The zero-order valence-electron chi connectivity index (χ0n) is 24.8. The van der Waals surface area contributed by atoms with E-state index in [-0.39, 0.29) is 5.91 Å². The molecule has 2 aromatic heterocycles. The van der Waals surface area contributed by atoms with Gasteiger partial charge in [-0.2, -0.15) is 0 Å². The Morgan fingerprint density at radius 2 is 1.88 bits per heavy atom. The van der Waals surface area contributed by atoms with Crippen LogP contribution < -0.4 is 10.1 Å². The number of para-hydroxylation sites is 1. The molecule has 4 heterocycles. The number of nitrogens with zero attached hydrogens (tertiary/aromatic N) is 4. The van der Waals surface area contributed by atoms with E-state index in [9.17, 15) is 4.79 Å². The van der Waals surface area contributed by atoms with E-state index in [1.54, 1.807) is 7.11 Å². The van der Waals surface area contributed by atoms with Gasteiger partial charge < -0.3 is 24.1 Å². The van der Waals surface area contributed by atoms with Crippen LogP contribution in [0.5, 0.6) is 5.75 Å². The summed E-state index contributed by atoms with van der Waals surface area (Å²) in [6, 6.07) is 13.1. The van der Waals surface area contributed by atoms with Crippen molar-refractivity contribution in [3.8, 4) is 17.3 Å². The van der Waals surface area contributed by atoms with E-state index in [1.807, 2.05) is 17.0 Å². The van der Waals surface area contributed by atoms with Crippen molar-refractivity contribution in [2.24, 2.45) is 18.9 Å². The molecule has 4 aromatic rings. The molecule has 0 spiro atoms. The fourth-order valence-corrected chi connectivity index (χ4v) is 7.33. The molecule has 2 saturated heterocycles. The number of likely N-dealkylation sites (tertiary alicyclic amines) is 1. The molecule has 3 fully saturated rings. The number of nitrogens with one attached hydrogen (secondary N) is 1. The van der Waals surface area contributed by atoms with Crippen LogP contribution in [-0.4, -0.2) is 58.2 Å². The number of fused-ring (bicyclic) bond motifs is 2. The Kier molecular flexibility index (Phi) is 7.02. The number of ether oxygens (including phenoxy) is 1. The number of benzene rings is 2. The minimum atomic E-state index is 0.0880. The lowest BCUT2D eigenvalue weighted by atomic mass is 9.89. The second-order valence-electron chi connectivity index (χ2n) is 12.6. The highest BCUT2D eigenvalue weighted by Crippen LogP contribution is 2.41. The molecule has 1 saturated carbocycles. The van der Waals surface area contributed by atoms with Crippen LogP contribution >= 0.6 is 0 Å². The number of hydrogen-bond donors (Lipinski definition) is 1. The van der Waals surface area contributed by atoms with Gasteiger partial charge in [0.15, 0.2) is 5.82 Å². The average Bonchev–Trinajstić information content (AvgIpc) is 3.68. The predicted octanol–water partition coefficient (Wildman–Crippen LogP) is 6.34. The normalized spacial score (nSPS) is 20.3. The molecule has 41 heavy (non-hydrogen) atoms. The first-order valence-corrected chi connectivity index (χ1v) is 15.7. The maximum atomic E-state index is 13.6. The Labute approximate surface area is 242 Å². The smallest absolute Gasteiger partial charge is 0.254 e. The van der Waals surface area contributed by atoms with Crippen molar-refractivity contribution >= 4 is 27.8 Å². The number of methoxy groups -OCH3 is 1. The van der Waals surface area contributed by atoms with Gasteiger partial charge in [-0.3, -0.25) is 4.79 Å². The van der Waals surface area contributed by atoms with Crippen LogP contribution in [0.3, 0.4) is 0 Å². The Balaban J connectivity index is 1.34. The van der Waals surface area contributed by atoms with Crippen molar-refractivity contribution in [2.75, 3.05) is 33.3 Å². The lowest BCUT2D eigenvalue weighted by Gasteiger charge is -2.32. The zero-order chi connectivity index (χ0) is 28.1. The number of amides is 1. The standard InChI is InChI=1S/C34H43N5O2/c1-4-22-7-6-16-38(20-22)34(40)26-17-28-32(30(19-26)41-3)37(2)33(36-28)29-18-25-8-5-9-27(24-12-14-35-15-13-24)31(25)39(29)21-23-10-11-23/h5,8-9,17-19,22-24,35H,4,6-7,10-16,20-21H2,1-3H3/t22-/m1/s1. The molecular weight excluding hydrogens is 510 g/mol. The van der Waals surface area contributed by atoms with Gasteiger partial charge in [-0.05, 0) is 93.1 Å². The first-order valence-electron chi connectivity index (χ1n) is 15.7. The molecule has 2 aliphatic heterocycles. The summed E-state index contributed by atoms with van der Waals surface area (Å²) in [6.07, 6.45) is 8.35. The van der Waals surface area contributed by atoms with E-state index in [1.165, 1.54) is 48.6 Å². The van der Waals surface area contributed by atoms with Crippen molar-refractivity contribution < 1.29 is 9.53 Å². The SMILES string of the molecule is CC[C@@H]1CCCN(C(=O)c2cc(OC)c3c(c2)nc(-c2cc4cccc(C5CCNCC5)c4n2CC2CC2)n3C)C1. The van der Waals surface area contributed by atoms with Gasteiger partial charge >= 0.3 is 0 Å². The van der Waals surface area contributed by atoms with Crippen molar-refractivity contribution in [1.82, 2.24) is 24.3 Å². The number of piperidine rings is 2. The summed E-state index contributed by atoms with van der Waals surface area (Å²) >= 11 is 0. The van der Waals surface area contributed by atoms with Crippen LogP contribution in [0.2, 0.25) is 0 Å². The molecule has 7 heteroatoms. The van der Waals surface area contributed by atoms with E-state index >= 15 is 0 Å². The fraction of sp³-hybridized carbons (Fsp3) is 0.529. The van der Waals surface area contributed by atoms with Crippen LogP contribution in [0.1, 0.15) is 73.7 Å². The molecule has 1 N–H and O–H groups in total. The number of hydrogen-bond acceptors (Lipinski definition) is 4. The summed E-state index contributed by atoms with van der Waals surface area (Å²) < 4.78 is 10.6. The molecular formula is C34H43N5O2. The molecule has 3 aliphatic rings. The maximum absolute atomic E-state index is 13.6. The van der Waals surface area contributed by atoms with E-state index in [4.69, 9.17) is 9.72 Å². The summed E-state index contributed by atoms with van der Waals surface area (Å²) in [7, 11) is 3.77. The highest BCUT2D eigenvalue weighted by Gasteiger charge is 2.29. The van der Waals surface area contributed by atoms with Gasteiger partial charge in [-0.15, -0.1) is 0 Å². The Bertz CT molecular complexity index is 1590. The van der Waals surface area contributed by atoms with Gasteiger partial charge in [0.2, 0.25) is 0 Å². The van der Waals surface area contributed by atoms with E-state index < -0.39 is 0 Å². The van der Waals surface area contributed by atoms with Gasteiger partial charge in [0.1, 0.15) is 11.3 Å². The number of carbonyl (C=O) groups excluding carboxylic acids is 1. The van der Waals surface area contributed by atoms with Gasteiger partial charge in [0.05, 0.1) is 23.8 Å². The molecule has 1 amide bonds. The summed E-state index contributed by atoms with van der Waals surface area (Å²) in [4.78, 5) is 20.9. The van der Waals surface area contributed by atoms with E-state index in [0.717, 1.165) is 74.0 Å². The summed E-state index contributed by atoms with van der Waals surface area (Å²) in [5.74, 6) is 3.62. The minimum absolute atomic E-state index is 0.0880. The number of aryl methyl sites for hydroxylation is 1. The molecule has 216 valence electrons. The van der Waals surface area contributed by atoms with Gasteiger partial charge in [0, 0.05) is 37.6 Å². The first kappa shape index (κ1) is 26.6. The maximum Gasteiger partial charge on any atom is 0.254 e. The summed E-state index contributed by atoms with van der Waals surface area (Å²) in [5, 5.41) is 4.83. The number of carbonyl (C=O) groups is 1. The van der Waals surface area contributed by atoms with Crippen molar-refractivity contribution in [1.29, 1.82) is 0 Å². The quantitative estimate of drug-likeness (QED) is 0.290. The molecule has 1 atom stereocenters. The van der Waals surface area contributed by atoms with Crippen molar-refractivity contribution in [3.63, 3.8) is 0 Å². The lowest BCUT2D eigenvalue weighted by Crippen LogP contribution is -2.39. The van der Waals surface area contributed by atoms with E-state index in [2.05, 4.69) is 52.7 Å². The largest absolute Gasteiger partial charge is 0.494 e. The second kappa shape index (κ2) is 10.8. The summed E-state index contributed by atoms with van der Waals surface area (Å²) in [5.41, 5.74) is 6.44. The van der Waals surface area contributed by atoms with Crippen LogP contribution in [0.15, 0.2) is 36.4 Å². The first-order chi connectivity index (χ1) is 20.1. The lowest BCUT2D eigenvalue weighted by molar-refractivity contribution is 0.0671. The third-order valence-corrected chi connectivity index (χ3v) is 9.88.